The van der Waals surface area contributed by atoms with Crippen LogP contribution < -0.4 is 0 Å². The minimum Gasteiger partial charge on any atom is -0.504 e. The lowest BCUT2D eigenvalue weighted by Crippen LogP contribution is -2.39. The first-order valence-electron chi connectivity index (χ1n) is 7.91. The summed E-state index contributed by atoms with van der Waals surface area (Å²) in [4.78, 5) is 0. The Morgan fingerprint density at radius 1 is 0.793 bits per heavy atom. The predicted molar refractivity (Wildman–Crippen MR) is 114 cm³/mol. The molecule has 5 nitrogen and oxygen atoms in total. The largest absolute Gasteiger partial charge is 0.504 e. The third kappa shape index (κ3) is 3.44. The molecule has 3 aromatic carbocycles. The molecule has 0 saturated carbocycles. The van der Waals surface area contributed by atoms with E-state index < -0.39 is 36.4 Å². The molecule has 0 bridgehead atoms. The van der Waals surface area contributed by atoms with Crippen LogP contribution in [0.25, 0.3) is 0 Å². The maximum Gasteiger partial charge on any atom is 0.283 e. The van der Waals surface area contributed by atoms with E-state index in [2.05, 4.69) is 0 Å². The standard InChI is InChI=1S/C19H12Cl4O5S/c20-12-7-4-8-13(21)15(12)19(29(26,27)28,10-5-2-1-3-6-10)11-9-14(24)18(25)17(23)16(11)22/h1-9,24-25H,(H,26,27,28). The summed E-state index contributed by atoms with van der Waals surface area (Å²) in [5.41, 5.74) is -0.510. The van der Waals surface area contributed by atoms with Crippen molar-refractivity contribution in [2.75, 3.05) is 0 Å². The third-order valence-corrected chi connectivity index (χ3v) is 7.34. The van der Waals surface area contributed by atoms with E-state index in [0.717, 1.165) is 6.07 Å². The molecule has 3 rings (SSSR count). The average molecular weight is 494 g/mol. The number of hydrogen-bond acceptors (Lipinski definition) is 4. The Kier molecular flexibility index (Phi) is 5.98. The van der Waals surface area contributed by atoms with Gasteiger partial charge in [0.15, 0.2) is 16.2 Å². The second-order valence-electron chi connectivity index (χ2n) is 6.04. The van der Waals surface area contributed by atoms with E-state index in [1.807, 2.05) is 0 Å². The highest BCUT2D eigenvalue weighted by Crippen LogP contribution is 2.54. The van der Waals surface area contributed by atoms with Crippen molar-refractivity contribution in [1.82, 2.24) is 0 Å². The zero-order valence-electron chi connectivity index (χ0n) is 14.3. The molecule has 29 heavy (non-hydrogen) atoms. The first-order chi connectivity index (χ1) is 13.5. The van der Waals surface area contributed by atoms with E-state index in [4.69, 9.17) is 46.4 Å². The highest BCUT2D eigenvalue weighted by Gasteiger charge is 2.52. The average Bonchev–Trinajstić information content (AvgIpc) is 2.66. The van der Waals surface area contributed by atoms with Gasteiger partial charge in [-0.05, 0) is 23.8 Å². The van der Waals surface area contributed by atoms with Gasteiger partial charge >= 0.3 is 0 Å². The van der Waals surface area contributed by atoms with Gasteiger partial charge in [0.2, 0.25) is 0 Å². The van der Waals surface area contributed by atoms with Crippen LogP contribution in [0.15, 0.2) is 54.6 Å². The zero-order valence-corrected chi connectivity index (χ0v) is 18.1. The van der Waals surface area contributed by atoms with Crippen molar-refractivity contribution >= 4 is 56.5 Å². The van der Waals surface area contributed by atoms with E-state index in [1.165, 1.54) is 42.5 Å². The summed E-state index contributed by atoms with van der Waals surface area (Å²) >= 11 is 25.0. The normalized spacial score (nSPS) is 13.8. The third-order valence-electron chi connectivity index (χ3n) is 4.42. The van der Waals surface area contributed by atoms with Gasteiger partial charge in [0.05, 0.1) is 5.02 Å². The Morgan fingerprint density at radius 2 is 1.34 bits per heavy atom. The maximum absolute atomic E-state index is 13.0. The second-order valence-corrected chi connectivity index (χ2v) is 9.17. The fourth-order valence-corrected chi connectivity index (χ4v) is 5.90. The van der Waals surface area contributed by atoms with Crippen molar-refractivity contribution < 1.29 is 23.2 Å². The second kappa shape index (κ2) is 7.87. The summed E-state index contributed by atoms with van der Waals surface area (Å²) in [6, 6.07) is 12.7. The van der Waals surface area contributed by atoms with Gasteiger partial charge in [-0.15, -0.1) is 0 Å². The molecule has 0 spiro atoms. The molecule has 0 aliphatic rings. The van der Waals surface area contributed by atoms with Crippen LogP contribution in [0.4, 0.5) is 0 Å². The van der Waals surface area contributed by atoms with Crippen LogP contribution in [0.2, 0.25) is 20.1 Å². The molecule has 0 saturated heterocycles. The van der Waals surface area contributed by atoms with Gasteiger partial charge in [0.25, 0.3) is 10.1 Å². The highest BCUT2D eigenvalue weighted by atomic mass is 35.5. The first-order valence-corrected chi connectivity index (χ1v) is 10.9. The Balaban J connectivity index is 2.67. The molecule has 152 valence electrons. The van der Waals surface area contributed by atoms with Crippen LogP contribution in [-0.4, -0.2) is 23.2 Å². The van der Waals surface area contributed by atoms with Gasteiger partial charge in [0.1, 0.15) is 5.02 Å². The number of aromatic hydroxyl groups is 2. The molecule has 0 aromatic heterocycles. The molecule has 0 aliphatic carbocycles. The number of phenolic OH excluding ortho intramolecular Hbond substituents is 2. The lowest BCUT2D eigenvalue weighted by atomic mass is 9.83. The quantitative estimate of drug-likeness (QED) is 0.239. The summed E-state index contributed by atoms with van der Waals surface area (Å²) in [5, 5.41) is 18.9. The molecule has 3 N–H and O–H groups in total. The molecule has 0 fully saturated rings. The summed E-state index contributed by atoms with van der Waals surface area (Å²) < 4.78 is 34.1. The van der Waals surface area contributed by atoms with Crippen LogP contribution in [0.5, 0.6) is 11.5 Å². The van der Waals surface area contributed by atoms with Crippen molar-refractivity contribution in [3.05, 3.63) is 91.4 Å². The molecule has 3 aromatic rings. The van der Waals surface area contributed by atoms with Crippen molar-refractivity contribution in [1.29, 1.82) is 0 Å². The maximum atomic E-state index is 13.0. The minimum absolute atomic E-state index is 0.0283. The summed E-state index contributed by atoms with van der Waals surface area (Å²) in [5.74, 6) is -1.50. The van der Waals surface area contributed by atoms with Gasteiger partial charge in [-0.1, -0.05) is 82.8 Å². The SMILES string of the molecule is O=S(=O)(O)C(c1ccccc1)(c1cc(O)c(O)c(Cl)c1Cl)c1c(Cl)cccc1Cl. The van der Waals surface area contributed by atoms with E-state index in [1.54, 1.807) is 6.07 Å². The van der Waals surface area contributed by atoms with Gasteiger partial charge < -0.3 is 10.2 Å². The van der Waals surface area contributed by atoms with Crippen molar-refractivity contribution in [2.24, 2.45) is 0 Å². The Morgan fingerprint density at radius 3 is 1.86 bits per heavy atom. The topological polar surface area (TPSA) is 94.8 Å². The molecule has 0 amide bonds. The number of benzene rings is 3. The fraction of sp³-hybridized carbons (Fsp3) is 0.0526. The monoisotopic (exact) mass is 492 g/mol. The van der Waals surface area contributed by atoms with Gasteiger partial charge in [-0.25, -0.2) is 0 Å². The lowest BCUT2D eigenvalue weighted by Gasteiger charge is -2.34. The van der Waals surface area contributed by atoms with Crippen molar-refractivity contribution in [2.45, 2.75) is 4.75 Å². The van der Waals surface area contributed by atoms with Crippen molar-refractivity contribution in [3.63, 3.8) is 0 Å². The molecule has 0 heterocycles. The van der Waals surface area contributed by atoms with Crippen LogP contribution >= 0.6 is 46.4 Å². The molecule has 1 atom stereocenters. The Bertz CT molecular complexity index is 1180. The molecular weight excluding hydrogens is 482 g/mol. The van der Waals surface area contributed by atoms with Crippen LogP contribution in [0, 0.1) is 0 Å². The number of halogens is 4. The molecule has 0 radical (unpaired) electrons. The van der Waals surface area contributed by atoms with Crippen LogP contribution in [-0.2, 0) is 14.9 Å². The van der Waals surface area contributed by atoms with Gasteiger partial charge in [-0.3, -0.25) is 4.55 Å². The zero-order chi connectivity index (χ0) is 21.6. The molecule has 1 unspecified atom stereocenters. The minimum atomic E-state index is -5.10. The highest BCUT2D eigenvalue weighted by molar-refractivity contribution is 7.87. The van der Waals surface area contributed by atoms with Gasteiger partial charge in [0, 0.05) is 21.2 Å². The number of rotatable bonds is 4. The van der Waals surface area contributed by atoms with Gasteiger partial charge in [-0.2, -0.15) is 8.42 Å². The van der Waals surface area contributed by atoms with Crippen molar-refractivity contribution in [3.8, 4) is 11.5 Å². The van der Waals surface area contributed by atoms with E-state index in [0.29, 0.717) is 0 Å². The number of hydrogen-bond donors (Lipinski definition) is 3. The summed E-state index contributed by atoms with van der Waals surface area (Å²) in [6.07, 6.45) is 0. The summed E-state index contributed by atoms with van der Waals surface area (Å²) in [6.45, 7) is 0. The summed E-state index contributed by atoms with van der Waals surface area (Å²) in [7, 11) is -5.10. The number of phenols is 2. The van der Waals surface area contributed by atoms with E-state index in [9.17, 15) is 23.2 Å². The van der Waals surface area contributed by atoms with E-state index in [-0.39, 0.29) is 26.7 Å². The predicted octanol–water partition coefficient (Wildman–Crippen LogP) is 5.89. The fourth-order valence-electron chi connectivity index (χ4n) is 3.22. The molecular formula is C19H12Cl4O5S. The molecule has 0 aliphatic heterocycles. The Labute approximate surface area is 186 Å². The van der Waals surface area contributed by atoms with E-state index >= 15 is 0 Å². The Hall–Kier alpha value is -1.67. The van der Waals surface area contributed by atoms with Crippen LogP contribution in [0.3, 0.4) is 0 Å². The smallest absolute Gasteiger partial charge is 0.283 e. The molecule has 10 heteroatoms. The lowest BCUT2D eigenvalue weighted by molar-refractivity contribution is 0.402. The van der Waals surface area contributed by atoms with Crippen LogP contribution in [0.1, 0.15) is 16.7 Å². The first kappa shape index (κ1) is 22.0.